The lowest BCUT2D eigenvalue weighted by atomic mass is 9.86. The third-order valence-electron chi connectivity index (χ3n) is 5.86. The lowest BCUT2D eigenvalue weighted by Gasteiger charge is -2.23. The van der Waals surface area contributed by atoms with Gasteiger partial charge in [0, 0.05) is 16.3 Å². The molecular formula is C26H32FN3O4S2. The number of sulfone groups is 1. The molecule has 1 atom stereocenters. The topological polar surface area (TPSA) is 108 Å². The van der Waals surface area contributed by atoms with E-state index in [1.807, 2.05) is 6.07 Å². The Morgan fingerprint density at radius 2 is 1.86 bits per heavy atom. The van der Waals surface area contributed by atoms with Crippen LogP contribution in [0.15, 0.2) is 59.5 Å². The van der Waals surface area contributed by atoms with Gasteiger partial charge in [-0.05, 0) is 60.4 Å². The second-order valence-corrected chi connectivity index (χ2v) is 12.4. The number of thiophene rings is 1. The fraction of sp³-hybridized carbons (Fsp3) is 0.385. The van der Waals surface area contributed by atoms with Gasteiger partial charge in [0.1, 0.15) is 18.2 Å². The highest BCUT2D eigenvalue weighted by Gasteiger charge is 2.31. The summed E-state index contributed by atoms with van der Waals surface area (Å²) in [6.45, 7) is 6.53. The molecule has 0 saturated heterocycles. The summed E-state index contributed by atoms with van der Waals surface area (Å²) < 4.78 is 40.6. The van der Waals surface area contributed by atoms with Crippen LogP contribution in [0.1, 0.15) is 60.9 Å². The Labute approximate surface area is 215 Å². The van der Waals surface area contributed by atoms with Crippen LogP contribution in [0.3, 0.4) is 0 Å². The molecule has 10 heteroatoms. The third-order valence-corrected chi connectivity index (χ3v) is 9.27. The SMILES string of the molecule is CCCCC(C)(C)c1ccc(CNC(c2cccc(NCC(=O)O)n2)S(=O)(=O)c2ccc(F)cc2)s1. The number of nitrogens with zero attached hydrogens (tertiary/aromatic N) is 1. The second-order valence-electron chi connectivity index (χ2n) is 9.21. The number of carboxylic acids is 1. The van der Waals surface area contributed by atoms with E-state index >= 15 is 0 Å². The van der Waals surface area contributed by atoms with E-state index in [0.717, 1.165) is 36.3 Å². The molecule has 0 aliphatic rings. The van der Waals surface area contributed by atoms with E-state index in [1.54, 1.807) is 29.5 Å². The zero-order valence-electron chi connectivity index (χ0n) is 20.6. The normalized spacial score (nSPS) is 12.9. The summed E-state index contributed by atoms with van der Waals surface area (Å²) in [4.78, 5) is 17.5. The van der Waals surface area contributed by atoms with E-state index in [0.29, 0.717) is 0 Å². The number of unbranched alkanes of at least 4 members (excludes halogenated alkanes) is 1. The van der Waals surface area contributed by atoms with Crippen LogP contribution in [0.4, 0.5) is 10.2 Å². The molecule has 3 N–H and O–H groups in total. The van der Waals surface area contributed by atoms with Gasteiger partial charge in [0.2, 0.25) is 0 Å². The van der Waals surface area contributed by atoms with Crippen LogP contribution in [0, 0.1) is 5.82 Å². The molecule has 0 radical (unpaired) electrons. The maximum Gasteiger partial charge on any atom is 0.322 e. The largest absolute Gasteiger partial charge is 0.480 e. The summed E-state index contributed by atoms with van der Waals surface area (Å²) in [5, 5.41) is 13.5. The van der Waals surface area contributed by atoms with Crippen molar-refractivity contribution in [2.45, 2.75) is 62.3 Å². The maximum absolute atomic E-state index is 13.6. The van der Waals surface area contributed by atoms with Gasteiger partial charge in [-0.3, -0.25) is 10.1 Å². The van der Waals surface area contributed by atoms with Gasteiger partial charge in [0.15, 0.2) is 15.2 Å². The van der Waals surface area contributed by atoms with Crippen molar-refractivity contribution in [3.05, 3.63) is 75.9 Å². The molecule has 7 nitrogen and oxygen atoms in total. The summed E-state index contributed by atoms with van der Waals surface area (Å²) in [6, 6.07) is 13.5. The van der Waals surface area contributed by atoms with Gasteiger partial charge >= 0.3 is 5.97 Å². The summed E-state index contributed by atoms with van der Waals surface area (Å²) in [7, 11) is -4.00. The van der Waals surface area contributed by atoms with Crippen LogP contribution in [-0.2, 0) is 26.6 Å². The minimum atomic E-state index is -4.00. The highest BCUT2D eigenvalue weighted by atomic mass is 32.2. The summed E-state index contributed by atoms with van der Waals surface area (Å²) >= 11 is 1.65. The summed E-state index contributed by atoms with van der Waals surface area (Å²) in [5.74, 6) is -1.36. The van der Waals surface area contributed by atoms with Gasteiger partial charge in [-0.2, -0.15) is 0 Å². The van der Waals surface area contributed by atoms with Crippen molar-refractivity contribution in [2.75, 3.05) is 11.9 Å². The Morgan fingerprint density at radius 1 is 1.14 bits per heavy atom. The fourth-order valence-corrected chi connectivity index (χ4v) is 6.40. The molecule has 36 heavy (non-hydrogen) atoms. The molecule has 0 aliphatic heterocycles. The number of anilines is 1. The van der Waals surface area contributed by atoms with Gasteiger partial charge in [-0.25, -0.2) is 17.8 Å². The Hall–Kier alpha value is -2.82. The van der Waals surface area contributed by atoms with Gasteiger partial charge in [0.05, 0.1) is 10.6 Å². The number of carbonyl (C=O) groups is 1. The van der Waals surface area contributed by atoms with E-state index in [1.165, 1.54) is 17.0 Å². The first-order valence-corrected chi connectivity index (χ1v) is 14.1. The Kier molecular flexibility index (Phi) is 9.21. The molecule has 0 fully saturated rings. The van der Waals surface area contributed by atoms with Crippen molar-refractivity contribution in [3.8, 4) is 0 Å². The minimum Gasteiger partial charge on any atom is -0.480 e. The lowest BCUT2D eigenvalue weighted by molar-refractivity contribution is -0.134. The van der Waals surface area contributed by atoms with Crippen molar-refractivity contribution in [1.29, 1.82) is 0 Å². The summed E-state index contributed by atoms with van der Waals surface area (Å²) in [5.41, 5.74) is 0.235. The highest BCUT2D eigenvalue weighted by Crippen LogP contribution is 2.35. The maximum atomic E-state index is 13.6. The molecule has 0 aliphatic carbocycles. The number of rotatable bonds is 13. The number of nitrogens with one attached hydrogen (secondary N) is 2. The van der Waals surface area contributed by atoms with Gasteiger partial charge in [-0.1, -0.05) is 39.7 Å². The van der Waals surface area contributed by atoms with E-state index in [2.05, 4.69) is 42.5 Å². The number of halogens is 1. The van der Waals surface area contributed by atoms with E-state index < -0.39 is 27.0 Å². The fourth-order valence-electron chi connectivity index (χ4n) is 3.77. The number of benzene rings is 1. The van der Waals surface area contributed by atoms with E-state index in [9.17, 15) is 17.6 Å². The molecule has 2 heterocycles. The molecule has 0 bridgehead atoms. The first kappa shape index (κ1) is 27.8. The third kappa shape index (κ3) is 7.11. The lowest BCUT2D eigenvalue weighted by Crippen LogP contribution is -2.29. The average Bonchev–Trinajstić information content (AvgIpc) is 3.32. The van der Waals surface area contributed by atoms with Crippen molar-refractivity contribution in [1.82, 2.24) is 10.3 Å². The molecule has 3 rings (SSSR count). The molecule has 1 aromatic carbocycles. The van der Waals surface area contributed by atoms with Crippen LogP contribution in [0.25, 0.3) is 0 Å². The Bertz CT molecular complexity index is 1270. The number of hydrogen-bond acceptors (Lipinski definition) is 7. The Morgan fingerprint density at radius 3 is 2.53 bits per heavy atom. The molecular weight excluding hydrogens is 501 g/mol. The van der Waals surface area contributed by atoms with Crippen LogP contribution >= 0.6 is 11.3 Å². The number of hydrogen-bond donors (Lipinski definition) is 3. The molecule has 0 amide bonds. The molecule has 2 aromatic heterocycles. The van der Waals surface area contributed by atoms with Crippen molar-refractivity contribution < 1.29 is 22.7 Å². The van der Waals surface area contributed by atoms with E-state index in [-0.39, 0.29) is 34.9 Å². The van der Waals surface area contributed by atoms with Crippen molar-refractivity contribution in [3.63, 3.8) is 0 Å². The van der Waals surface area contributed by atoms with Crippen LogP contribution < -0.4 is 10.6 Å². The number of aromatic nitrogens is 1. The standard InChI is InChI=1S/C26H32FN3O4S2/c1-4-5-15-26(2,3)22-14-11-19(35-22)16-29-25(36(33,34)20-12-9-18(27)10-13-20)21-7-6-8-23(30-21)28-17-24(31)32/h6-14,25,29H,4-5,15-17H2,1-3H3,(H,28,30)(H,31,32). The molecule has 3 aromatic rings. The zero-order valence-corrected chi connectivity index (χ0v) is 22.3. The first-order chi connectivity index (χ1) is 17.0. The number of aliphatic carboxylic acids is 1. The number of pyridine rings is 1. The monoisotopic (exact) mass is 533 g/mol. The average molecular weight is 534 g/mol. The number of carboxylic acid groups (broad SMARTS) is 1. The van der Waals surface area contributed by atoms with Crippen molar-refractivity contribution in [2.24, 2.45) is 0 Å². The zero-order chi connectivity index (χ0) is 26.3. The quantitative estimate of drug-likeness (QED) is 0.249. The molecule has 194 valence electrons. The van der Waals surface area contributed by atoms with Crippen molar-refractivity contribution >= 4 is 33.0 Å². The molecule has 0 spiro atoms. The first-order valence-electron chi connectivity index (χ1n) is 11.8. The highest BCUT2D eigenvalue weighted by molar-refractivity contribution is 7.91. The van der Waals surface area contributed by atoms with E-state index in [4.69, 9.17) is 5.11 Å². The molecule has 1 unspecified atom stereocenters. The van der Waals surface area contributed by atoms with Crippen LogP contribution in [0.2, 0.25) is 0 Å². The van der Waals surface area contributed by atoms with Gasteiger partial charge < -0.3 is 10.4 Å². The van der Waals surface area contributed by atoms with Crippen LogP contribution in [-0.4, -0.2) is 31.0 Å². The van der Waals surface area contributed by atoms with Gasteiger partial charge in [-0.15, -0.1) is 11.3 Å². The second kappa shape index (κ2) is 11.9. The Balaban J connectivity index is 1.90. The van der Waals surface area contributed by atoms with Crippen LogP contribution in [0.5, 0.6) is 0 Å². The smallest absolute Gasteiger partial charge is 0.322 e. The minimum absolute atomic E-state index is 0.0320. The molecule has 0 saturated carbocycles. The summed E-state index contributed by atoms with van der Waals surface area (Å²) in [6.07, 6.45) is 3.33. The van der Waals surface area contributed by atoms with Gasteiger partial charge in [0.25, 0.3) is 0 Å². The predicted octanol–water partition coefficient (Wildman–Crippen LogP) is 5.51. The predicted molar refractivity (Wildman–Crippen MR) is 140 cm³/mol.